The molecule has 3 rings (SSSR count). The predicted molar refractivity (Wildman–Crippen MR) is 112 cm³/mol. The lowest BCUT2D eigenvalue weighted by Gasteiger charge is -2.20. The van der Waals surface area contributed by atoms with Crippen molar-refractivity contribution in [2.45, 2.75) is 33.6 Å². The molecule has 2 amide bonds. The van der Waals surface area contributed by atoms with Gasteiger partial charge in [0, 0.05) is 24.0 Å². The van der Waals surface area contributed by atoms with Crippen LogP contribution in [0.25, 0.3) is 11.0 Å². The molecule has 2 aromatic carbocycles. The summed E-state index contributed by atoms with van der Waals surface area (Å²) >= 11 is 0. The molecule has 0 saturated carbocycles. The summed E-state index contributed by atoms with van der Waals surface area (Å²) in [5.74, 6) is -0.273. The van der Waals surface area contributed by atoms with Crippen molar-refractivity contribution >= 4 is 28.5 Å². The van der Waals surface area contributed by atoms with Crippen molar-refractivity contribution in [1.29, 1.82) is 0 Å². The number of carbonyl (C=O) groups excluding carboxylic acids is 2. The van der Waals surface area contributed by atoms with Crippen molar-refractivity contribution in [3.63, 3.8) is 0 Å². The molecule has 1 N–H and O–H groups in total. The Bertz CT molecular complexity index is 984. The molecule has 0 unspecified atom stereocenters. The highest BCUT2D eigenvalue weighted by Crippen LogP contribution is 2.32. The van der Waals surface area contributed by atoms with Gasteiger partial charge in [-0.2, -0.15) is 0 Å². The number of para-hydroxylation sites is 1. The van der Waals surface area contributed by atoms with Gasteiger partial charge in [0.1, 0.15) is 11.3 Å². The molecule has 0 aliphatic heterocycles. The largest absolute Gasteiger partial charge is 0.449 e. The highest BCUT2D eigenvalue weighted by atomic mass is 16.3. The fraction of sp³-hybridized carbons (Fsp3) is 0.304. The Balaban J connectivity index is 2.01. The summed E-state index contributed by atoms with van der Waals surface area (Å²) in [5, 5.41) is 3.64. The predicted octanol–water partition coefficient (Wildman–Crippen LogP) is 5.26. The first-order valence-corrected chi connectivity index (χ1v) is 9.74. The maximum atomic E-state index is 13.2. The van der Waals surface area contributed by atoms with E-state index in [4.69, 9.17) is 4.42 Å². The average molecular weight is 378 g/mol. The first-order chi connectivity index (χ1) is 13.5. The molecule has 0 aliphatic carbocycles. The first kappa shape index (κ1) is 19.7. The van der Waals surface area contributed by atoms with Crippen molar-refractivity contribution in [1.82, 2.24) is 4.90 Å². The van der Waals surface area contributed by atoms with Gasteiger partial charge in [-0.25, -0.2) is 0 Å². The molecule has 0 fully saturated rings. The van der Waals surface area contributed by atoms with Gasteiger partial charge in [-0.1, -0.05) is 43.7 Å². The number of anilines is 1. The van der Waals surface area contributed by atoms with Crippen molar-refractivity contribution in [3.8, 4) is 0 Å². The number of furan rings is 1. The zero-order chi connectivity index (χ0) is 20.1. The minimum atomic E-state index is -0.262. The number of carbonyl (C=O) groups is 2. The Kier molecular flexibility index (Phi) is 6.14. The number of hydrogen-bond acceptors (Lipinski definition) is 3. The highest BCUT2D eigenvalue weighted by molar-refractivity contribution is 6.14. The van der Waals surface area contributed by atoms with Crippen molar-refractivity contribution in [3.05, 3.63) is 65.4 Å². The van der Waals surface area contributed by atoms with Crippen molar-refractivity contribution in [2.75, 3.05) is 18.4 Å². The van der Waals surface area contributed by atoms with E-state index in [-0.39, 0.29) is 17.6 Å². The lowest BCUT2D eigenvalue weighted by atomic mass is 10.1. The summed E-state index contributed by atoms with van der Waals surface area (Å²) in [6, 6.07) is 14.7. The summed E-state index contributed by atoms with van der Waals surface area (Å²) in [4.78, 5) is 27.8. The van der Waals surface area contributed by atoms with Crippen LogP contribution < -0.4 is 5.32 Å². The average Bonchev–Trinajstić information content (AvgIpc) is 3.06. The lowest BCUT2D eigenvalue weighted by molar-refractivity contribution is 0.0727. The van der Waals surface area contributed by atoms with Crippen LogP contribution in [0.4, 0.5) is 5.69 Å². The van der Waals surface area contributed by atoms with E-state index in [0.717, 1.165) is 23.8 Å². The molecule has 5 heteroatoms. The summed E-state index contributed by atoms with van der Waals surface area (Å²) in [7, 11) is 0. The van der Waals surface area contributed by atoms with Crippen LogP contribution in [0, 0.1) is 6.92 Å². The van der Waals surface area contributed by atoms with E-state index < -0.39 is 0 Å². The van der Waals surface area contributed by atoms with E-state index in [9.17, 15) is 9.59 Å². The summed E-state index contributed by atoms with van der Waals surface area (Å²) in [6.07, 6.45) is 1.72. The van der Waals surface area contributed by atoms with Crippen LogP contribution in [0.1, 0.15) is 53.2 Å². The Morgan fingerprint density at radius 2 is 1.71 bits per heavy atom. The number of amides is 2. The summed E-state index contributed by atoms with van der Waals surface area (Å²) in [6.45, 7) is 7.31. The number of aryl methyl sites for hydroxylation is 1. The number of nitrogens with one attached hydrogen (secondary N) is 1. The van der Waals surface area contributed by atoms with Gasteiger partial charge in [0.2, 0.25) is 5.76 Å². The molecule has 28 heavy (non-hydrogen) atoms. The molecule has 5 nitrogen and oxygen atoms in total. The smallest absolute Gasteiger partial charge is 0.291 e. The Morgan fingerprint density at radius 1 is 1.00 bits per heavy atom. The second-order valence-electron chi connectivity index (χ2n) is 6.92. The molecule has 146 valence electrons. The second kappa shape index (κ2) is 8.74. The maximum Gasteiger partial charge on any atom is 0.291 e. The standard InChI is InChI=1S/C23H26N2O3/c1-4-13-25(14-5-2)23(27)21-20(18-11-6-7-12-19(18)28-21)24-22(26)17-10-8-9-16(3)15-17/h6-12,15H,4-5,13-14H2,1-3H3,(H,24,26). The quantitative estimate of drug-likeness (QED) is 0.610. The minimum Gasteiger partial charge on any atom is -0.449 e. The van der Waals surface area contributed by atoms with Crippen LogP contribution in [-0.4, -0.2) is 29.8 Å². The molecule has 0 spiro atoms. The molecule has 1 heterocycles. The molecule has 1 aromatic heterocycles. The molecule has 0 saturated heterocycles. The van der Waals surface area contributed by atoms with Gasteiger partial charge < -0.3 is 14.6 Å². The third-order valence-corrected chi connectivity index (χ3v) is 4.58. The Morgan fingerprint density at radius 3 is 2.39 bits per heavy atom. The zero-order valence-corrected chi connectivity index (χ0v) is 16.6. The number of fused-ring (bicyclic) bond motifs is 1. The van der Waals surface area contributed by atoms with E-state index in [1.807, 2.05) is 57.2 Å². The van der Waals surface area contributed by atoms with Gasteiger partial charge in [0.25, 0.3) is 11.8 Å². The Labute approximate surface area is 165 Å². The molecule has 0 bridgehead atoms. The normalized spacial score (nSPS) is 10.8. The van der Waals surface area contributed by atoms with Gasteiger partial charge in [0.05, 0.1) is 0 Å². The minimum absolute atomic E-state index is 0.184. The van der Waals surface area contributed by atoms with E-state index in [1.165, 1.54) is 0 Å². The van der Waals surface area contributed by atoms with E-state index >= 15 is 0 Å². The number of nitrogens with zero attached hydrogens (tertiary/aromatic N) is 1. The summed E-state index contributed by atoms with van der Waals surface area (Å²) in [5.41, 5.74) is 2.56. The number of benzene rings is 2. The molecular weight excluding hydrogens is 352 g/mol. The first-order valence-electron chi connectivity index (χ1n) is 9.74. The van der Waals surface area contributed by atoms with E-state index in [0.29, 0.717) is 29.9 Å². The third kappa shape index (κ3) is 4.09. The maximum absolute atomic E-state index is 13.2. The van der Waals surface area contributed by atoms with E-state index in [1.54, 1.807) is 17.0 Å². The fourth-order valence-corrected chi connectivity index (χ4v) is 3.29. The van der Waals surface area contributed by atoms with Crippen molar-refractivity contribution in [2.24, 2.45) is 0 Å². The van der Waals surface area contributed by atoms with Gasteiger partial charge in [-0.05, 0) is 44.0 Å². The van der Waals surface area contributed by atoms with Gasteiger partial charge in [0.15, 0.2) is 0 Å². The molecule has 3 aromatic rings. The lowest BCUT2D eigenvalue weighted by Crippen LogP contribution is -2.32. The van der Waals surface area contributed by atoms with E-state index in [2.05, 4.69) is 5.32 Å². The second-order valence-corrected chi connectivity index (χ2v) is 6.92. The highest BCUT2D eigenvalue weighted by Gasteiger charge is 2.26. The van der Waals surface area contributed by atoms with Gasteiger partial charge >= 0.3 is 0 Å². The van der Waals surface area contributed by atoms with Gasteiger partial charge in [-0.3, -0.25) is 9.59 Å². The van der Waals surface area contributed by atoms with Crippen LogP contribution >= 0.6 is 0 Å². The molecule has 0 atom stereocenters. The number of hydrogen-bond donors (Lipinski definition) is 1. The molecular formula is C23H26N2O3. The third-order valence-electron chi connectivity index (χ3n) is 4.58. The fourth-order valence-electron chi connectivity index (χ4n) is 3.29. The van der Waals surface area contributed by atoms with Crippen LogP contribution in [0.5, 0.6) is 0 Å². The van der Waals surface area contributed by atoms with Crippen LogP contribution in [0.3, 0.4) is 0 Å². The van der Waals surface area contributed by atoms with Crippen LogP contribution in [0.2, 0.25) is 0 Å². The zero-order valence-electron chi connectivity index (χ0n) is 16.6. The topological polar surface area (TPSA) is 62.6 Å². The van der Waals surface area contributed by atoms with Gasteiger partial charge in [-0.15, -0.1) is 0 Å². The van der Waals surface area contributed by atoms with Crippen LogP contribution in [-0.2, 0) is 0 Å². The molecule has 0 radical (unpaired) electrons. The molecule has 0 aliphatic rings. The monoisotopic (exact) mass is 378 g/mol. The Hall–Kier alpha value is -3.08. The number of rotatable bonds is 7. The SMILES string of the molecule is CCCN(CCC)C(=O)c1oc2ccccc2c1NC(=O)c1cccc(C)c1. The van der Waals surface area contributed by atoms with Crippen LogP contribution in [0.15, 0.2) is 52.9 Å². The summed E-state index contributed by atoms with van der Waals surface area (Å²) < 4.78 is 5.89. The van der Waals surface area contributed by atoms with Crippen molar-refractivity contribution < 1.29 is 14.0 Å².